The lowest BCUT2D eigenvalue weighted by Crippen LogP contribution is -2.14. The molecule has 1 N–H and O–H groups in total. The van der Waals surface area contributed by atoms with E-state index in [1.165, 1.54) is 18.4 Å². The van der Waals surface area contributed by atoms with Crippen molar-refractivity contribution in [3.63, 3.8) is 0 Å². The third-order valence-corrected chi connectivity index (χ3v) is 2.01. The van der Waals surface area contributed by atoms with Gasteiger partial charge in [0, 0.05) is 18.4 Å². The zero-order chi connectivity index (χ0) is 9.68. The molecule has 72 valence electrons. The van der Waals surface area contributed by atoms with E-state index in [0.717, 1.165) is 5.69 Å². The number of aryl methyl sites for hydroxylation is 1. The molecule has 0 aliphatic rings. The lowest BCUT2D eigenvalue weighted by Gasteiger charge is -2.13. The van der Waals surface area contributed by atoms with Gasteiger partial charge in [0.25, 0.3) is 0 Å². The van der Waals surface area contributed by atoms with Crippen LogP contribution in [-0.2, 0) is 0 Å². The van der Waals surface area contributed by atoms with Crippen LogP contribution >= 0.6 is 0 Å². The van der Waals surface area contributed by atoms with Crippen molar-refractivity contribution < 1.29 is 0 Å². The highest BCUT2D eigenvalue weighted by atomic mass is 14.9. The molecule has 0 amide bonds. The predicted molar refractivity (Wildman–Crippen MR) is 57.0 cm³/mol. The monoisotopic (exact) mass is 178 g/mol. The van der Waals surface area contributed by atoms with E-state index in [4.69, 9.17) is 0 Å². The quantitative estimate of drug-likeness (QED) is 0.766. The molecule has 0 spiro atoms. The van der Waals surface area contributed by atoms with E-state index in [1.807, 2.05) is 12.4 Å². The maximum Gasteiger partial charge on any atom is 0.0531 e. The van der Waals surface area contributed by atoms with Gasteiger partial charge < -0.3 is 5.32 Å². The van der Waals surface area contributed by atoms with Gasteiger partial charge in [-0.05, 0) is 31.9 Å². The van der Waals surface area contributed by atoms with E-state index in [-0.39, 0.29) is 0 Å². The lowest BCUT2D eigenvalue weighted by molar-refractivity contribution is 0.690. The molecule has 0 saturated heterocycles. The van der Waals surface area contributed by atoms with E-state index in [2.05, 4.69) is 37.1 Å². The van der Waals surface area contributed by atoms with Gasteiger partial charge in [-0.2, -0.15) is 0 Å². The summed E-state index contributed by atoms with van der Waals surface area (Å²) in [5.41, 5.74) is 2.33. The number of anilines is 1. The molecule has 1 atom stereocenters. The fourth-order valence-electron chi connectivity index (χ4n) is 1.42. The highest BCUT2D eigenvalue weighted by molar-refractivity contribution is 5.43. The van der Waals surface area contributed by atoms with E-state index in [1.54, 1.807) is 0 Å². The Morgan fingerprint density at radius 2 is 2.23 bits per heavy atom. The van der Waals surface area contributed by atoms with Crippen LogP contribution in [0.3, 0.4) is 0 Å². The Hall–Kier alpha value is -1.05. The van der Waals surface area contributed by atoms with Gasteiger partial charge in [-0.1, -0.05) is 13.3 Å². The normalized spacial score (nSPS) is 12.5. The molecule has 0 fully saturated rings. The molecule has 0 aliphatic heterocycles. The van der Waals surface area contributed by atoms with Gasteiger partial charge in [0.2, 0.25) is 0 Å². The number of nitrogens with zero attached hydrogens (tertiary/aromatic N) is 1. The van der Waals surface area contributed by atoms with Crippen molar-refractivity contribution in [2.45, 2.75) is 39.7 Å². The Morgan fingerprint density at radius 3 is 2.85 bits per heavy atom. The van der Waals surface area contributed by atoms with Crippen LogP contribution in [0.25, 0.3) is 0 Å². The van der Waals surface area contributed by atoms with E-state index in [0.29, 0.717) is 6.04 Å². The molecule has 1 rings (SSSR count). The Kier molecular flexibility index (Phi) is 3.74. The van der Waals surface area contributed by atoms with Crippen molar-refractivity contribution in [3.05, 3.63) is 24.0 Å². The Bertz CT molecular complexity index is 258. The van der Waals surface area contributed by atoms with Gasteiger partial charge in [0.15, 0.2) is 0 Å². The number of hydrogen-bond acceptors (Lipinski definition) is 2. The summed E-state index contributed by atoms with van der Waals surface area (Å²) in [6.45, 7) is 6.46. The van der Waals surface area contributed by atoms with Gasteiger partial charge in [-0.3, -0.25) is 4.98 Å². The summed E-state index contributed by atoms with van der Waals surface area (Å²) in [6.07, 6.45) is 6.16. The molecule has 1 heterocycles. The Balaban J connectivity index is 2.53. The number of pyridine rings is 1. The number of hydrogen-bond donors (Lipinski definition) is 1. The lowest BCUT2D eigenvalue weighted by atomic mass is 10.2. The van der Waals surface area contributed by atoms with Gasteiger partial charge in [0.05, 0.1) is 5.69 Å². The summed E-state index contributed by atoms with van der Waals surface area (Å²) in [5, 5.41) is 3.42. The second kappa shape index (κ2) is 4.85. The smallest absolute Gasteiger partial charge is 0.0531 e. The van der Waals surface area contributed by atoms with E-state index < -0.39 is 0 Å². The molecule has 0 unspecified atom stereocenters. The summed E-state index contributed by atoms with van der Waals surface area (Å²) in [7, 11) is 0. The van der Waals surface area contributed by atoms with Crippen molar-refractivity contribution in [3.8, 4) is 0 Å². The molecular weight excluding hydrogens is 160 g/mol. The summed E-state index contributed by atoms with van der Waals surface area (Å²) in [4.78, 5) is 4.13. The number of rotatable bonds is 4. The summed E-state index contributed by atoms with van der Waals surface area (Å²) >= 11 is 0. The molecule has 2 heteroatoms. The fourth-order valence-corrected chi connectivity index (χ4v) is 1.42. The van der Waals surface area contributed by atoms with Crippen LogP contribution in [0.2, 0.25) is 0 Å². The first-order valence-corrected chi connectivity index (χ1v) is 4.90. The largest absolute Gasteiger partial charge is 0.381 e. The maximum atomic E-state index is 4.13. The fraction of sp³-hybridized carbons (Fsp3) is 0.545. The van der Waals surface area contributed by atoms with Crippen LogP contribution in [-0.4, -0.2) is 11.0 Å². The van der Waals surface area contributed by atoms with Crippen LogP contribution in [0.1, 0.15) is 32.3 Å². The first kappa shape index (κ1) is 10.0. The topological polar surface area (TPSA) is 24.9 Å². The third-order valence-electron chi connectivity index (χ3n) is 2.01. The molecule has 2 nitrogen and oxygen atoms in total. The molecule has 0 saturated carbocycles. The molecule has 1 aromatic heterocycles. The molecule has 0 aromatic carbocycles. The van der Waals surface area contributed by atoms with Crippen molar-refractivity contribution in [2.24, 2.45) is 0 Å². The zero-order valence-electron chi connectivity index (χ0n) is 8.67. The summed E-state index contributed by atoms with van der Waals surface area (Å²) in [5.74, 6) is 0. The first-order chi connectivity index (χ1) is 6.22. The van der Waals surface area contributed by atoms with Crippen LogP contribution in [0, 0.1) is 6.92 Å². The van der Waals surface area contributed by atoms with Crippen LogP contribution < -0.4 is 5.32 Å². The Labute approximate surface area is 80.4 Å². The minimum absolute atomic E-state index is 0.536. The molecule has 0 bridgehead atoms. The average Bonchev–Trinajstić information content (AvgIpc) is 2.04. The van der Waals surface area contributed by atoms with Crippen LogP contribution in [0.5, 0.6) is 0 Å². The molecule has 1 aromatic rings. The average molecular weight is 178 g/mol. The van der Waals surface area contributed by atoms with E-state index >= 15 is 0 Å². The minimum Gasteiger partial charge on any atom is -0.381 e. The minimum atomic E-state index is 0.536. The summed E-state index contributed by atoms with van der Waals surface area (Å²) in [6, 6.07) is 2.66. The van der Waals surface area contributed by atoms with Crippen molar-refractivity contribution in [2.75, 3.05) is 5.32 Å². The maximum absolute atomic E-state index is 4.13. The standard InChI is InChI=1S/C11H18N2/c1-4-5-10(3)13-11-6-9(2)7-12-8-11/h6-8,10,13H,4-5H2,1-3H3/t10-/m1/s1. The van der Waals surface area contributed by atoms with Crippen molar-refractivity contribution >= 4 is 5.69 Å². The van der Waals surface area contributed by atoms with Crippen molar-refractivity contribution in [1.29, 1.82) is 0 Å². The predicted octanol–water partition coefficient (Wildman–Crippen LogP) is 2.99. The van der Waals surface area contributed by atoms with Crippen molar-refractivity contribution in [1.82, 2.24) is 4.98 Å². The van der Waals surface area contributed by atoms with Gasteiger partial charge in [-0.15, -0.1) is 0 Å². The van der Waals surface area contributed by atoms with E-state index in [9.17, 15) is 0 Å². The van der Waals surface area contributed by atoms with Gasteiger partial charge in [0.1, 0.15) is 0 Å². The molecule has 13 heavy (non-hydrogen) atoms. The highest BCUT2D eigenvalue weighted by Gasteiger charge is 1.99. The summed E-state index contributed by atoms with van der Waals surface area (Å²) < 4.78 is 0. The SMILES string of the molecule is CCC[C@@H](C)Nc1cncc(C)c1. The second-order valence-corrected chi connectivity index (χ2v) is 3.59. The molecular formula is C11H18N2. The molecule has 0 aliphatic carbocycles. The Morgan fingerprint density at radius 1 is 1.46 bits per heavy atom. The zero-order valence-corrected chi connectivity index (χ0v) is 8.67. The highest BCUT2D eigenvalue weighted by Crippen LogP contribution is 2.10. The second-order valence-electron chi connectivity index (χ2n) is 3.59. The van der Waals surface area contributed by atoms with Crippen LogP contribution in [0.4, 0.5) is 5.69 Å². The van der Waals surface area contributed by atoms with Gasteiger partial charge >= 0.3 is 0 Å². The molecule has 0 radical (unpaired) electrons. The van der Waals surface area contributed by atoms with Gasteiger partial charge in [-0.25, -0.2) is 0 Å². The number of aromatic nitrogens is 1. The van der Waals surface area contributed by atoms with Crippen LogP contribution in [0.15, 0.2) is 18.5 Å². The third kappa shape index (κ3) is 3.45. The number of nitrogens with one attached hydrogen (secondary N) is 1. The first-order valence-electron chi connectivity index (χ1n) is 4.90.